The van der Waals surface area contributed by atoms with Crippen LogP contribution in [0.2, 0.25) is 0 Å². The summed E-state index contributed by atoms with van der Waals surface area (Å²) in [6.07, 6.45) is 2.15. The van der Waals surface area contributed by atoms with Crippen molar-refractivity contribution in [1.82, 2.24) is 0 Å². The molecular weight excluding hydrogens is 128 g/mol. The van der Waals surface area contributed by atoms with Crippen LogP contribution in [0.4, 0.5) is 0 Å². The van der Waals surface area contributed by atoms with Gasteiger partial charge in [-0.3, -0.25) is 0 Å². The van der Waals surface area contributed by atoms with E-state index in [2.05, 4.69) is 10.8 Å². The summed E-state index contributed by atoms with van der Waals surface area (Å²) < 4.78 is 23.4. The molecule has 3 nitrogen and oxygen atoms in total. The van der Waals surface area contributed by atoms with Gasteiger partial charge < -0.3 is 8.74 Å². The first kappa shape index (κ1) is 7.81. The van der Waals surface area contributed by atoms with E-state index < -0.39 is 11.4 Å². The van der Waals surface area contributed by atoms with Gasteiger partial charge in [0.1, 0.15) is 0 Å². The summed E-state index contributed by atoms with van der Waals surface area (Å²) in [5.41, 5.74) is 0. The van der Waals surface area contributed by atoms with Gasteiger partial charge in [-0.2, -0.15) is 0 Å². The topological polar surface area (TPSA) is 49.4 Å². The van der Waals surface area contributed by atoms with Crippen molar-refractivity contribution in [3.05, 3.63) is 12.7 Å². The molecule has 0 aromatic heterocycles. The zero-order valence-electron chi connectivity index (χ0n) is 4.33. The van der Waals surface area contributed by atoms with E-state index in [4.69, 9.17) is 0 Å². The second-order valence-electron chi connectivity index (χ2n) is 1.10. The van der Waals surface area contributed by atoms with Gasteiger partial charge in [0.15, 0.2) is 0 Å². The van der Waals surface area contributed by atoms with Crippen molar-refractivity contribution >= 4 is 11.4 Å². The molecule has 48 valence electrons. The second-order valence-corrected chi connectivity index (χ2v) is 1.75. The van der Waals surface area contributed by atoms with Crippen LogP contribution in [0, 0.1) is 0 Å². The number of rotatable bonds is 4. The molecule has 0 bridgehead atoms. The molecule has 0 aromatic rings. The Hall–Kier alpha value is -0.190. The van der Waals surface area contributed by atoms with Gasteiger partial charge in [-0.1, -0.05) is 6.08 Å². The summed E-state index contributed by atoms with van der Waals surface area (Å²) in [6.45, 7) is 3.57. The fraction of sp³-hybridized carbons (Fsp3) is 0.500. The maximum absolute atomic E-state index is 9.62. The van der Waals surface area contributed by atoms with Crippen molar-refractivity contribution < 1.29 is 12.9 Å². The molecule has 0 N–H and O–H groups in total. The van der Waals surface area contributed by atoms with Crippen molar-refractivity contribution in [3.63, 3.8) is 0 Å². The van der Waals surface area contributed by atoms with Crippen molar-refractivity contribution in [1.29, 1.82) is 0 Å². The van der Waals surface area contributed by atoms with Gasteiger partial charge >= 0.3 is 0 Å². The number of hydrogen-bond acceptors (Lipinski definition) is 3. The first-order chi connectivity index (χ1) is 3.77. The Kier molecular flexibility index (Phi) is 4.84. The van der Waals surface area contributed by atoms with Crippen LogP contribution >= 0.6 is 0 Å². The highest BCUT2D eigenvalue weighted by Gasteiger charge is 1.79. The Morgan fingerprint density at radius 2 is 2.50 bits per heavy atom. The number of hydrogen-bond donors (Lipinski definition) is 0. The van der Waals surface area contributed by atoms with Crippen molar-refractivity contribution in [2.75, 3.05) is 6.61 Å². The highest BCUT2D eigenvalue weighted by atomic mass is 32.2. The zero-order chi connectivity index (χ0) is 6.41. The van der Waals surface area contributed by atoms with E-state index in [1.807, 2.05) is 0 Å². The molecule has 0 aliphatic rings. The summed E-state index contributed by atoms with van der Waals surface area (Å²) >= 11 is -2.36. The normalized spacial score (nSPS) is 13.1. The maximum atomic E-state index is 9.62. The molecule has 0 aromatic carbocycles. The van der Waals surface area contributed by atoms with Crippen molar-refractivity contribution in [3.8, 4) is 0 Å². The molecule has 0 saturated carbocycles. The minimum Gasteiger partial charge on any atom is -0.750 e. The minimum atomic E-state index is -2.36. The maximum Gasteiger partial charge on any atom is 0.0842 e. The van der Waals surface area contributed by atoms with Gasteiger partial charge in [0.25, 0.3) is 0 Å². The molecular formula is C4H7O3S-. The smallest absolute Gasteiger partial charge is 0.0842 e. The lowest BCUT2D eigenvalue weighted by Crippen LogP contribution is -1.95. The largest absolute Gasteiger partial charge is 0.750 e. The summed E-state index contributed by atoms with van der Waals surface area (Å²) in [6, 6.07) is 0. The molecule has 0 fully saturated rings. The summed E-state index contributed by atoms with van der Waals surface area (Å²) in [5, 5.41) is 0. The summed E-state index contributed by atoms with van der Waals surface area (Å²) in [5.74, 6) is 0. The first-order valence-corrected chi connectivity index (χ1v) is 3.11. The van der Waals surface area contributed by atoms with Crippen LogP contribution < -0.4 is 0 Å². The van der Waals surface area contributed by atoms with E-state index in [-0.39, 0.29) is 6.61 Å². The monoisotopic (exact) mass is 135 g/mol. The molecule has 0 amide bonds. The van der Waals surface area contributed by atoms with Gasteiger partial charge in [-0.25, -0.2) is 4.21 Å². The van der Waals surface area contributed by atoms with Gasteiger partial charge in [-0.05, 0) is 6.42 Å². The van der Waals surface area contributed by atoms with Crippen LogP contribution in [0.1, 0.15) is 6.42 Å². The molecule has 0 radical (unpaired) electrons. The highest BCUT2D eigenvalue weighted by molar-refractivity contribution is 7.74. The van der Waals surface area contributed by atoms with E-state index in [1.54, 1.807) is 6.08 Å². The molecule has 0 aliphatic heterocycles. The van der Waals surface area contributed by atoms with E-state index in [1.165, 1.54) is 0 Å². The molecule has 1 atom stereocenters. The minimum absolute atomic E-state index is 0.194. The molecule has 0 rings (SSSR count). The Bertz CT molecular complexity index is 91.3. The lowest BCUT2D eigenvalue weighted by atomic mass is 10.5. The average Bonchev–Trinajstić information content (AvgIpc) is 1.66. The van der Waals surface area contributed by atoms with Crippen molar-refractivity contribution in [2.24, 2.45) is 0 Å². The molecule has 0 saturated heterocycles. The zero-order valence-corrected chi connectivity index (χ0v) is 5.15. The van der Waals surface area contributed by atoms with E-state index >= 15 is 0 Å². The van der Waals surface area contributed by atoms with Gasteiger partial charge in [0, 0.05) is 0 Å². The molecule has 0 heterocycles. The third kappa shape index (κ3) is 5.81. The predicted octanol–water partition coefficient (Wildman–Crippen LogP) is 0.373. The highest BCUT2D eigenvalue weighted by Crippen LogP contribution is 1.83. The van der Waals surface area contributed by atoms with Gasteiger partial charge in [0.05, 0.1) is 18.0 Å². The fourth-order valence-electron chi connectivity index (χ4n) is 0.199. The molecule has 8 heavy (non-hydrogen) atoms. The Labute approximate surface area is 50.8 Å². The van der Waals surface area contributed by atoms with E-state index in [0.717, 1.165) is 0 Å². The standard InChI is InChI=1S/C4H8O3S/c1-2-3-4-7-8(5)6/h2H,1,3-4H2,(H,5,6)/p-1. The third-order valence-corrected chi connectivity index (χ3v) is 0.861. The molecule has 0 spiro atoms. The van der Waals surface area contributed by atoms with Gasteiger partial charge in [0.2, 0.25) is 0 Å². The average molecular weight is 135 g/mol. The van der Waals surface area contributed by atoms with Crippen LogP contribution in [0.15, 0.2) is 12.7 Å². The van der Waals surface area contributed by atoms with Crippen LogP contribution in [0.25, 0.3) is 0 Å². The first-order valence-electron chi connectivity index (χ1n) is 2.11. The fourth-order valence-corrected chi connectivity index (χ4v) is 0.432. The Morgan fingerprint density at radius 3 is 2.88 bits per heavy atom. The van der Waals surface area contributed by atoms with E-state index in [0.29, 0.717) is 6.42 Å². The third-order valence-electron chi connectivity index (χ3n) is 0.502. The van der Waals surface area contributed by atoms with Crippen LogP contribution in [-0.2, 0) is 15.5 Å². The SMILES string of the molecule is C=CCCOS(=O)[O-]. The van der Waals surface area contributed by atoms with Crippen LogP contribution in [0.3, 0.4) is 0 Å². The molecule has 4 heteroatoms. The predicted molar refractivity (Wildman–Crippen MR) is 29.7 cm³/mol. The second kappa shape index (κ2) is 4.96. The van der Waals surface area contributed by atoms with Crippen molar-refractivity contribution in [2.45, 2.75) is 6.42 Å². The molecule has 0 aliphatic carbocycles. The Balaban J connectivity index is 2.93. The Morgan fingerprint density at radius 1 is 1.88 bits per heavy atom. The summed E-state index contributed by atoms with van der Waals surface area (Å²) in [4.78, 5) is 0. The van der Waals surface area contributed by atoms with Crippen LogP contribution in [-0.4, -0.2) is 15.4 Å². The lowest BCUT2D eigenvalue weighted by molar-refractivity contribution is 0.306. The van der Waals surface area contributed by atoms with Gasteiger partial charge in [-0.15, -0.1) is 6.58 Å². The molecule has 1 unspecified atom stereocenters. The van der Waals surface area contributed by atoms with Crippen LogP contribution in [0.5, 0.6) is 0 Å². The summed E-state index contributed by atoms with van der Waals surface area (Å²) in [7, 11) is 0. The quantitative estimate of drug-likeness (QED) is 0.318. The lowest BCUT2D eigenvalue weighted by Gasteiger charge is -2.01. The van der Waals surface area contributed by atoms with E-state index in [9.17, 15) is 8.76 Å².